The van der Waals surface area contributed by atoms with Gasteiger partial charge in [0.2, 0.25) is 0 Å². The number of alkyl halides is 2. The molecule has 80 valence electrons. The van der Waals surface area contributed by atoms with Crippen LogP contribution in [0.3, 0.4) is 0 Å². The fourth-order valence-electron chi connectivity index (χ4n) is 1.66. The van der Waals surface area contributed by atoms with Crippen molar-refractivity contribution < 1.29 is 4.92 Å². The molecule has 0 heterocycles. The SMILES string of the molecule is CC1(c2ccc([N+](=O)[O-])cc2)CC1(Cl)Cl. The topological polar surface area (TPSA) is 43.1 Å². The Morgan fingerprint density at radius 2 is 1.80 bits per heavy atom. The standard InChI is InChI=1S/C10H9Cl2NO2/c1-9(6-10(9,11)12)7-2-4-8(5-3-7)13(14)15/h2-5H,6H2,1H3. The monoisotopic (exact) mass is 245 g/mol. The summed E-state index contributed by atoms with van der Waals surface area (Å²) in [6.07, 6.45) is 0.681. The summed E-state index contributed by atoms with van der Waals surface area (Å²) >= 11 is 12.0. The van der Waals surface area contributed by atoms with Crippen molar-refractivity contribution in [1.29, 1.82) is 0 Å². The van der Waals surface area contributed by atoms with E-state index in [1.54, 1.807) is 12.1 Å². The Bertz CT molecular complexity index is 416. The average molecular weight is 246 g/mol. The van der Waals surface area contributed by atoms with Gasteiger partial charge >= 0.3 is 0 Å². The van der Waals surface area contributed by atoms with Gasteiger partial charge in [-0.1, -0.05) is 19.1 Å². The third-order valence-electron chi connectivity index (χ3n) is 2.97. The minimum atomic E-state index is -0.733. The van der Waals surface area contributed by atoms with Crippen LogP contribution in [0.2, 0.25) is 0 Å². The van der Waals surface area contributed by atoms with Crippen molar-refractivity contribution in [1.82, 2.24) is 0 Å². The molecule has 0 spiro atoms. The summed E-state index contributed by atoms with van der Waals surface area (Å²) < 4.78 is -0.733. The lowest BCUT2D eigenvalue weighted by Crippen LogP contribution is -2.09. The molecule has 0 aliphatic heterocycles. The summed E-state index contributed by atoms with van der Waals surface area (Å²) in [5, 5.41) is 10.5. The zero-order valence-electron chi connectivity index (χ0n) is 8.04. The van der Waals surface area contributed by atoms with Crippen molar-refractivity contribution in [2.75, 3.05) is 0 Å². The lowest BCUT2D eigenvalue weighted by atomic mass is 9.98. The largest absolute Gasteiger partial charge is 0.269 e. The summed E-state index contributed by atoms with van der Waals surface area (Å²) in [6.45, 7) is 1.95. The molecule has 0 bridgehead atoms. The number of hydrogen-bond donors (Lipinski definition) is 0. The van der Waals surface area contributed by atoms with E-state index in [1.165, 1.54) is 12.1 Å². The third kappa shape index (κ3) is 1.60. The number of nitrogens with zero attached hydrogens (tertiary/aromatic N) is 1. The first-order chi connectivity index (χ1) is 6.87. The van der Waals surface area contributed by atoms with Crippen LogP contribution in [0, 0.1) is 10.1 Å². The summed E-state index contributed by atoms with van der Waals surface area (Å²) in [7, 11) is 0. The maximum absolute atomic E-state index is 10.5. The molecular formula is C10H9Cl2NO2. The van der Waals surface area contributed by atoms with Crippen molar-refractivity contribution in [2.45, 2.75) is 23.1 Å². The molecule has 0 saturated heterocycles. The van der Waals surface area contributed by atoms with Gasteiger partial charge in [-0.15, -0.1) is 23.2 Å². The van der Waals surface area contributed by atoms with E-state index in [0.29, 0.717) is 6.42 Å². The Hall–Kier alpha value is -0.800. The highest BCUT2D eigenvalue weighted by Gasteiger charge is 2.63. The summed E-state index contributed by atoms with van der Waals surface area (Å²) in [6, 6.07) is 6.38. The molecule has 0 amide bonds. The van der Waals surface area contributed by atoms with Gasteiger partial charge in [0, 0.05) is 17.5 Å². The van der Waals surface area contributed by atoms with Gasteiger partial charge < -0.3 is 0 Å². The van der Waals surface area contributed by atoms with Gasteiger partial charge in [-0.25, -0.2) is 0 Å². The normalized spacial score (nSPS) is 27.4. The average Bonchev–Trinajstić information content (AvgIpc) is 2.67. The minimum Gasteiger partial charge on any atom is -0.258 e. The Kier molecular flexibility index (Phi) is 2.21. The lowest BCUT2D eigenvalue weighted by Gasteiger charge is -2.11. The first-order valence-electron chi connectivity index (χ1n) is 4.50. The summed E-state index contributed by atoms with van der Waals surface area (Å²) in [4.78, 5) is 10.0. The third-order valence-corrected chi connectivity index (χ3v) is 4.07. The number of nitro benzene ring substituents is 1. The van der Waals surface area contributed by atoms with Crippen LogP contribution in [0.1, 0.15) is 18.9 Å². The highest BCUT2D eigenvalue weighted by atomic mass is 35.5. The van der Waals surface area contributed by atoms with Crippen LogP contribution >= 0.6 is 23.2 Å². The van der Waals surface area contributed by atoms with Crippen LogP contribution < -0.4 is 0 Å². The van der Waals surface area contributed by atoms with Crippen molar-refractivity contribution in [3.8, 4) is 0 Å². The fourth-order valence-corrected chi connectivity index (χ4v) is 2.42. The number of rotatable bonds is 2. The Morgan fingerprint density at radius 3 is 2.13 bits per heavy atom. The number of non-ortho nitro benzene ring substituents is 1. The van der Waals surface area contributed by atoms with Crippen molar-refractivity contribution in [3.63, 3.8) is 0 Å². The van der Waals surface area contributed by atoms with Gasteiger partial charge in [0.1, 0.15) is 4.33 Å². The predicted octanol–water partition coefficient (Wildman–Crippen LogP) is 3.43. The molecule has 1 aliphatic rings. The molecule has 1 aromatic carbocycles. The lowest BCUT2D eigenvalue weighted by molar-refractivity contribution is -0.384. The maximum Gasteiger partial charge on any atom is 0.269 e. The molecule has 3 nitrogen and oxygen atoms in total. The molecule has 15 heavy (non-hydrogen) atoms. The predicted molar refractivity (Wildman–Crippen MR) is 59.5 cm³/mol. The van der Waals surface area contributed by atoms with Gasteiger partial charge in [0.25, 0.3) is 5.69 Å². The number of halogens is 2. The molecule has 0 N–H and O–H groups in total. The van der Waals surface area contributed by atoms with Gasteiger partial charge in [0.15, 0.2) is 0 Å². The van der Waals surface area contributed by atoms with Crippen LogP contribution in [0.15, 0.2) is 24.3 Å². The molecule has 5 heteroatoms. The Labute approximate surface area is 97.1 Å². The molecular weight excluding hydrogens is 237 g/mol. The first kappa shape index (κ1) is 10.7. The second-order valence-electron chi connectivity index (χ2n) is 4.02. The molecule has 2 rings (SSSR count). The summed E-state index contributed by atoms with van der Waals surface area (Å²) in [5.74, 6) is 0. The number of benzene rings is 1. The highest BCUT2D eigenvalue weighted by Crippen LogP contribution is 2.64. The smallest absolute Gasteiger partial charge is 0.258 e. The van der Waals surface area contributed by atoms with E-state index in [-0.39, 0.29) is 11.1 Å². The van der Waals surface area contributed by atoms with Gasteiger partial charge in [0.05, 0.1) is 4.92 Å². The second-order valence-corrected chi connectivity index (χ2v) is 5.50. The maximum atomic E-state index is 10.5. The zero-order valence-corrected chi connectivity index (χ0v) is 9.55. The van der Waals surface area contributed by atoms with Crippen LogP contribution in [-0.2, 0) is 5.41 Å². The molecule has 1 aromatic rings. The van der Waals surface area contributed by atoms with E-state index in [4.69, 9.17) is 23.2 Å². The van der Waals surface area contributed by atoms with Crippen molar-refractivity contribution in [2.24, 2.45) is 0 Å². The van der Waals surface area contributed by atoms with E-state index >= 15 is 0 Å². The highest BCUT2D eigenvalue weighted by molar-refractivity contribution is 6.52. The molecule has 0 aromatic heterocycles. The van der Waals surface area contributed by atoms with E-state index < -0.39 is 9.26 Å². The molecule has 1 aliphatic carbocycles. The van der Waals surface area contributed by atoms with E-state index in [0.717, 1.165) is 5.56 Å². The van der Waals surface area contributed by atoms with E-state index in [9.17, 15) is 10.1 Å². The number of nitro groups is 1. The fraction of sp³-hybridized carbons (Fsp3) is 0.400. The molecule has 1 unspecified atom stereocenters. The van der Waals surface area contributed by atoms with Crippen molar-refractivity contribution in [3.05, 3.63) is 39.9 Å². The van der Waals surface area contributed by atoms with Crippen molar-refractivity contribution >= 4 is 28.9 Å². The van der Waals surface area contributed by atoms with Crippen LogP contribution in [0.25, 0.3) is 0 Å². The van der Waals surface area contributed by atoms with Gasteiger partial charge in [-0.2, -0.15) is 0 Å². The van der Waals surface area contributed by atoms with Crippen LogP contribution in [-0.4, -0.2) is 9.26 Å². The van der Waals surface area contributed by atoms with Gasteiger partial charge in [-0.3, -0.25) is 10.1 Å². The zero-order chi connectivity index (χ0) is 11.3. The molecule has 0 radical (unpaired) electrons. The quantitative estimate of drug-likeness (QED) is 0.455. The minimum absolute atomic E-state index is 0.0812. The molecule has 1 fully saturated rings. The van der Waals surface area contributed by atoms with Crippen LogP contribution in [0.5, 0.6) is 0 Å². The summed E-state index contributed by atoms with van der Waals surface area (Å²) in [5.41, 5.74) is 0.751. The van der Waals surface area contributed by atoms with E-state index in [1.807, 2.05) is 6.92 Å². The number of hydrogen-bond acceptors (Lipinski definition) is 2. The second kappa shape index (κ2) is 3.09. The Balaban J connectivity index is 2.30. The molecule has 1 atom stereocenters. The van der Waals surface area contributed by atoms with E-state index in [2.05, 4.69) is 0 Å². The Morgan fingerprint density at radius 1 is 1.33 bits per heavy atom. The first-order valence-corrected chi connectivity index (χ1v) is 5.25. The van der Waals surface area contributed by atoms with Crippen LogP contribution in [0.4, 0.5) is 5.69 Å². The van der Waals surface area contributed by atoms with Gasteiger partial charge in [-0.05, 0) is 12.0 Å². The molecule has 1 saturated carbocycles.